The summed E-state index contributed by atoms with van der Waals surface area (Å²) in [5.74, 6) is 0.351. The van der Waals surface area contributed by atoms with Crippen LogP contribution in [0.4, 0.5) is 15.3 Å². The van der Waals surface area contributed by atoms with E-state index >= 15 is 0 Å². The molecule has 2 rings (SSSR count). The van der Waals surface area contributed by atoms with Gasteiger partial charge in [0.25, 0.3) is 0 Å². The third-order valence-electron chi connectivity index (χ3n) is 3.52. The van der Waals surface area contributed by atoms with Gasteiger partial charge in [-0.2, -0.15) is 0 Å². The number of amides is 2. The number of carbonyl (C=O) groups is 2. The summed E-state index contributed by atoms with van der Waals surface area (Å²) in [6.07, 6.45) is 0.0176. The summed E-state index contributed by atoms with van der Waals surface area (Å²) in [6.45, 7) is 4.54. The molecule has 0 spiro atoms. The van der Waals surface area contributed by atoms with Crippen LogP contribution in [0, 0.1) is 6.92 Å². The lowest BCUT2D eigenvalue weighted by Crippen LogP contribution is -2.30. The van der Waals surface area contributed by atoms with Crippen LogP contribution in [0.2, 0.25) is 0 Å². The van der Waals surface area contributed by atoms with Crippen LogP contribution in [0.3, 0.4) is 0 Å². The highest BCUT2D eigenvalue weighted by atomic mass is 16.7. The maximum atomic E-state index is 11.9. The first-order chi connectivity index (χ1) is 12.1. The first kappa shape index (κ1) is 18.3. The second kappa shape index (κ2) is 9.32. The quantitative estimate of drug-likeness (QED) is 0.617. The summed E-state index contributed by atoms with van der Waals surface area (Å²) in [5.41, 5.74) is 3.02. The predicted molar refractivity (Wildman–Crippen MR) is 96.0 cm³/mol. The number of anilines is 1. The lowest BCUT2D eigenvalue weighted by Gasteiger charge is -2.09. The van der Waals surface area contributed by atoms with Gasteiger partial charge < -0.3 is 20.1 Å². The minimum absolute atomic E-state index is 0.251. The van der Waals surface area contributed by atoms with Crippen LogP contribution in [-0.2, 0) is 11.2 Å². The molecule has 0 fully saturated rings. The summed E-state index contributed by atoms with van der Waals surface area (Å²) in [7, 11) is 0. The Bertz CT molecular complexity index is 714. The first-order valence-corrected chi connectivity index (χ1v) is 8.12. The Balaban J connectivity index is 1.76. The van der Waals surface area contributed by atoms with Crippen molar-refractivity contribution >= 4 is 17.9 Å². The highest BCUT2D eigenvalue weighted by Crippen LogP contribution is 2.16. The monoisotopic (exact) mass is 342 g/mol. The molecule has 0 unspecified atom stereocenters. The third kappa shape index (κ3) is 6.18. The van der Waals surface area contributed by atoms with Gasteiger partial charge in [-0.25, -0.2) is 9.59 Å². The molecule has 0 atom stereocenters. The molecule has 0 aliphatic heterocycles. The van der Waals surface area contributed by atoms with Gasteiger partial charge in [0.15, 0.2) is 0 Å². The van der Waals surface area contributed by atoms with Gasteiger partial charge in [-0.1, -0.05) is 24.3 Å². The van der Waals surface area contributed by atoms with Crippen molar-refractivity contribution in [2.45, 2.75) is 20.3 Å². The van der Waals surface area contributed by atoms with Gasteiger partial charge in [-0.05, 0) is 55.7 Å². The molecule has 25 heavy (non-hydrogen) atoms. The van der Waals surface area contributed by atoms with Crippen molar-refractivity contribution in [3.63, 3.8) is 0 Å². The number of ether oxygens (including phenoxy) is 2. The zero-order valence-electron chi connectivity index (χ0n) is 14.4. The Morgan fingerprint density at radius 1 is 1.04 bits per heavy atom. The molecule has 0 saturated carbocycles. The summed E-state index contributed by atoms with van der Waals surface area (Å²) >= 11 is 0. The number of urea groups is 1. The molecule has 0 bridgehead atoms. The van der Waals surface area contributed by atoms with Crippen molar-refractivity contribution in [1.29, 1.82) is 0 Å². The maximum Gasteiger partial charge on any atom is 0.513 e. The van der Waals surface area contributed by atoms with E-state index in [9.17, 15) is 9.59 Å². The Hall–Kier alpha value is -3.02. The molecule has 132 valence electrons. The second-order valence-corrected chi connectivity index (χ2v) is 5.37. The minimum atomic E-state index is -0.753. The zero-order chi connectivity index (χ0) is 18.1. The van der Waals surface area contributed by atoms with E-state index in [1.807, 2.05) is 12.1 Å². The van der Waals surface area contributed by atoms with E-state index in [-0.39, 0.29) is 12.6 Å². The van der Waals surface area contributed by atoms with Crippen molar-refractivity contribution in [2.75, 3.05) is 18.5 Å². The smallest absolute Gasteiger partial charge is 0.434 e. The van der Waals surface area contributed by atoms with E-state index in [1.54, 1.807) is 31.2 Å². The van der Waals surface area contributed by atoms with Crippen LogP contribution in [0.15, 0.2) is 48.5 Å². The zero-order valence-corrected chi connectivity index (χ0v) is 14.4. The fourth-order valence-electron chi connectivity index (χ4n) is 2.23. The molecule has 6 heteroatoms. The van der Waals surface area contributed by atoms with Gasteiger partial charge in [-0.15, -0.1) is 0 Å². The maximum absolute atomic E-state index is 11.9. The van der Waals surface area contributed by atoms with Crippen molar-refractivity contribution < 1.29 is 19.1 Å². The van der Waals surface area contributed by atoms with E-state index in [1.165, 1.54) is 11.1 Å². The number of aryl methyl sites for hydroxylation is 1. The van der Waals surface area contributed by atoms with Crippen molar-refractivity contribution in [3.8, 4) is 5.75 Å². The Morgan fingerprint density at radius 2 is 1.76 bits per heavy atom. The van der Waals surface area contributed by atoms with Crippen LogP contribution in [0.25, 0.3) is 0 Å². The normalized spacial score (nSPS) is 10.0. The second-order valence-electron chi connectivity index (χ2n) is 5.37. The number of hydrogen-bond acceptors (Lipinski definition) is 4. The number of nitrogens with one attached hydrogen (secondary N) is 2. The van der Waals surface area contributed by atoms with Crippen molar-refractivity contribution in [2.24, 2.45) is 0 Å². The number of rotatable bonds is 6. The molecule has 2 N–H and O–H groups in total. The summed E-state index contributed by atoms with van der Waals surface area (Å²) in [5, 5.41) is 5.54. The molecular formula is C19H22N2O4. The molecule has 0 saturated heterocycles. The lowest BCUT2D eigenvalue weighted by atomic mass is 10.1. The molecule has 0 aromatic heterocycles. The molecule has 0 aliphatic carbocycles. The van der Waals surface area contributed by atoms with E-state index in [4.69, 9.17) is 4.74 Å². The van der Waals surface area contributed by atoms with Gasteiger partial charge in [0.1, 0.15) is 5.75 Å². The molecule has 0 aliphatic rings. The van der Waals surface area contributed by atoms with Crippen molar-refractivity contribution in [3.05, 3.63) is 59.7 Å². The topological polar surface area (TPSA) is 76.7 Å². The molecule has 0 heterocycles. The number of hydrogen-bond donors (Lipinski definition) is 2. The van der Waals surface area contributed by atoms with E-state index in [2.05, 4.69) is 34.4 Å². The molecule has 2 aromatic rings. The molecule has 2 aromatic carbocycles. The summed E-state index contributed by atoms with van der Waals surface area (Å²) in [4.78, 5) is 23.1. The van der Waals surface area contributed by atoms with Crippen LogP contribution >= 0.6 is 0 Å². The molecule has 6 nitrogen and oxygen atoms in total. The van der Waals surface area contributed by atoms with Gasteiger partial charge in [0.2, 0.25) is 0 Å². The average Bonchev–Trinajstić information content (AvgIpc) is 2.58. The molecule has 0 radical (unpaired) electrons. The fourth-order valence-corrected chi connectivity index (χ4v) is 2.23. The van der Waals surface area contributed by atoms with Crippen LogP contribution < -0.4 is 15.4 Å². The van der Waals surface area contributed by atoms with Crippen LogP contribution in [-0.4, -0.2) is 25.3 Å². The van der Waals surface area contributed by atoms with E-state index < -0.39 is 6.16 Å². The van der Waals surface area contributed by atoms with Gasteiger partial charge in [0, 0.05) is 12.2 Å². The Labute approximate surface area is 147 Å². The first-order valence-electron chi connectivity index (χ1n) is 8.12. The van der Waals surface area contributed by atoms with Crippen LogP contribution in [0.1, 0.15) is 18.1 Å². The largest absolute Gasteiger partial charge is 0.513 e. The summed E-state index contributed by atoms with van der Waals surface area (Å²) < 4.78 is 9.64. The Morgan fingerprint density at radius 3 is 2.44 bits per heavy atom. The van der Waals surface area contributed by atoms with Crippen molar-refractivity contribution in [1.82, 2.24) is 5.32 Å². The Kier molecular flexibility index (Phi) is 6.83. The summed E-state index contributed by atoms with van der Waals surface area (Å²) in [6, 6.07) is 14.3. The van der Waals surface area contributed by atoms with Gasteiger partial charge in [0.05, 0.1) is 6.61 Å². The molecular weight excluding hydrogens is 320 g/mol. The lowest BCUT2D eigenvalue weighted by molar-refractivity contribution is 0.104. The number of carbonyl (C=O) groups excluding carboxylic acids is 2. The average molecular weight is 342 g/mol. The third-order valence-corrected chi connectivity index (χ3v) is 3.52. The van der Waals surface area contributed by atoms with Gasteiger partial charge in [-0.3, -0.25) is 0 Å². The van der Waals surface area contributed by atoms with Crippen LogP contribution in [0.5, 0.6) is 5.75 Å². The predicted octanol–water partition coefficient (Wildman–Crippen LogP) is 3.89. The number of benzene rings is 2. The SMILES string of the molecule is CCOC(=O)Oc1ccc(NC(=O)NCCc2ccccc2C)cc1. The highest BCUT2D eigenvalue weighted by Gasteiger charge is 2.06. The fraction of sp³-hybridized carbons (Fsp3) is 0.263. The highest BCUT2D eigenvalue weighted by molar-refractivity contribution is 5.89. The minimum Gasteiger partial charge on any atom is -0.434 e. The van der Waals surface area contributed by atoms with Gasteiger partial charge >= 0.3 is 12.2 Å². The standard InChI is InChI=1S/C19H22N2O4/c1-3-24-19(23)25-17-10-8-16(9-11-17)21-18(22)20-13-12-15-7-5-4-6-14(15)2/h4-11H,3,12-13H2,1-2H3,(H2,20,21,22). The van der Waals surface area contributed by atoms with E-state index in [0.717, 1.165) is 6.42 Å². The van der Waals surface area contributed by atoms with E-state index in [0.29, 0.717) is 18.0 Å². The molecule has 2 amide bonds.